The van der Waals surface area contributed by atoms with Gasteiger partial charge in [0.25, 0.3) is 0 Å². The van der Waals surface area contributed by atoms with Gasteiger partial charge in [0.2, 0.25) is 15.9 Å². The average Bonchev–Trinajstić information content (AvgIpc) is 3.09. The predicted molar refractivity (Wildman–Crippen MR) is 108 cm³/mol. The molecule has 4 rings (SSSR count). The molecule has 9 heteroatoms. The number of imidazole rings is 1. The highest BCUT2D eigenvalue weighted by Gasteiger charge is 2.26. The van der Waals surface area contributed by atoms with Crippen molar-refractivity contribution < 1.29 is 13.2 Å². The van der Waals surface area contributed by atoms with Crippen molar-refractivity contribution in [1.82, 2.24) is 15.0 Å². The lowest BCUT2D eigenvalue weighted by molar-refractivity contribution is -0.116. The number of aryl methyl sites for hydroxylation is 1. The monoisotopic (exact) mass is 399 g/mol. The maximum Gasteiger partial charge on any atom is 0.235 e. The summed E-state index contributed by atoms with van der Waals surface area (Å²) in [5.74, 6) is 0.708. The number of amides is 1. The summed E-state index contributed by atoms with van der Waals surface area (Å²) < 4.78 is 26.0. The summed E-state index contributed by atoms with van der Waals surface area (Å²) in [6, 6.07) is 10.7. The van der Waals surface area contributed by atoms with E-state index in [0.717, 1.165) is 11.9 Å². The van der Waals surface area contributed by atoms with Crippen LogP contribution in [-0.4, -0.2) is 41.6 Å². The lowest BCUT2D eigenvalue weighted by Crippen LogP contribution is -2.37. The van der Waals surface area contributed by atoms with Gasteiger partial charge in [-0.2, -0.15) is 0 Å². The Labute approximate surface area is 163 Å². The molecule has 0 saturated carbocycles. The Balaban J connectivity index is 1.40. The van der Waals surface area contributed by atoms with E-state index in [9.17, 15) is 13.2 Å². The normalized spacial score (nSPS) is 16.2. The lowest BCUT2D eigenvalue weighted by atomic mass is 10.2. The van der Waals surface area contributed by atoms with Crippen LogP contribution in [0.1, 0.15) is 25.1 Å². The minimum Gasteiger partial charge on any atom is -0.341 e. The zero-order valence-corrected chi connectivity index (χ0v) is 16.1. The van der Waals surface area contributed by atoms with E-state index in [2.05, 4.69) is 20.3 Å². The van der Waals surface area contributed by atoms with Gasteiger partial charge < -0.3 is 10.3 Å². The van der Waals surface area contributed by atoms with Crippen molar-refractivity contribution in [2.45, 2.75) is 25.7 Å². The van der Waals surface area contributed by atoms with E-state index in [1.54, 1.807) is 30.5 Å². The fraction of sp³-hybridized carbons (Fsp3) is 0.316. The van der Waals surface area contributed by atoms with Crippen molar-refractivity contribution in [3.8, 4) is 0 Å². The van der Waals surface area contributed by atoms with E-state index < -0.39 is 10.0 Å². The van der Waals surface area contributed by atoms with Crippen molar-refractivity contribution in [3.05, 3.63) is 48.4 Å². The van der Waals surface area contributed by atoms with Gasteiger partial charge in [-0.1, -0.05) is 6.07 Å². The number of benzene rings is 1. The smallest absolute Gasteiger partial charge is 0.235 e. The minimum atomic E-state index is -3.28. The highest BCUT2D eigenvalue weighted by atomic mass is 32.2. The molecule has 1 fully saturated rings. The number of hydrogen-bond donors (Lipinski definition) is 2. The standard InChI is InChI=1S/C19H21N5O3S/c25-18(9-8-17-22-16-7-4-10-20-19(16)23-17)21-14-5-3-6-15(13-14)24-11-1-2-12-28(24,26)27/h3-7,10,13H,1-2,8-9,11-12H2,(H,21,25)(H,20,22,23). The lowest BCUT2D eigenvalue weighted by Gasteiger charge is -2.28. The molecular formula is C19H21N5O3S. The van der Waals surface area contributed by atoms with Crippen molar-refractivity contribution in [2.24, 2.45) is 0 Å². The van der Waals surface area contributed by atoms with Crippen LogP contribution in [-0.2, 0) is 21.2 Å². The van der Waals surface area contributed by atoms with E-state index in [4.69, 9.17) is 0 Å². The third-order valence-electron chi connectivity index (χ3n) is 4.66. The molecule has 0 aliphatic carbocycles. The van der Waals surface area contributed by atoms with Gasteiger partial charge >= 0.3 is 0 Å². The third-order valence-corrected chi connectivity index (χ3v) is 6.53. The number of carbonyl (C=O) groups excluding carboxylic acids is 1. The van der Waals surface area contributed by atoms with E-state index >= 15 is 0 Å². The van der Waals surface area contributed by atoms with Crippen molar-refractivity contribution in [3.63, 3.8) is 0 Å². The van der Waals surface area contributed by atoms with E-state index in [-0.39, 0.29) is 18.1 Å². The summed E-state index contributed by atoms with van der Waals surface area (Å²) in [6.45, 7) is 0.472. The Kier molecular flexibility index (Phi) is 4.99. The molecule has 28 heavy (non-hydrogen) atoms. The molecule has 1 saturated heterocycles. The molecule has 8 nitrogen and oxygen atoms in total. The Morgan fingerprint density at radius 1 is 1.21 bits per heavy atom. The van der Waals surface area contributed by atoms with Crippen LogP contribution in [0.15, 0.2) is 42.6 Å². The van der Waals surface area contributed by atoms with Gasteiger partial charge in [-0.05, 0) is 43.2 Å². The number of anilines is 2. The largest absolute Gasteiger partial charge is 0.341 e. The highest BCUT2D eigenvalue weighted by Crippen LogP contribution is 2.26. The van der Waals surface area contributed by atoms with Crippen LogP contribution >= 0.6 is 0 Å². The first-order chi connectivity index (χ1) is 13.5. The third kappa shape index (κ3) is 3.99. The van der Waals surface area contributed by atoms with Crippen LogP contribution in [0, 0.1) is 0 Å². The van der Waals surface area contributed by atoms with E-state index in [1.165, 1.54) is 4.31 Å². The first-order valence-corrected chi connectivity index (χ1v) is 10.8. The Morgan fingerprint density at radius 3 is 2.93 bits per heavy atom. The number of pyridine rings is 1. The first kappa shape index (κ1) is 18.4. The van der Waals surface area contributed by atoms with Crippen LogP contribution in [0.5, 0.6) is 0 Å². The molecule has 2 N–H and O–H groups in total. The summed E-state index contributed by atoms with van der Waals surface area (Å²) in [5.41, 5.74) is 2.64. The molecule has 0 unspecified atom stereocenters. The zero-order valence-electron chi connectivity index (χ0n) is 15.3. The molecular weight excluding hydrogens is 378 g/mol. The summed E-state index contributed by atoms with van der Waals surface area (Å²) >= 11 is 0. The van der Waals surface area contributed by atoms with Gasteiger partial charge in [-0.3, -0.25) is 9.10 Å². The fourth-order valence-corrected chi connectivity index (χ4v) is 4.92. The van der Waals surface area contributed by atoms with Gasteiger partial charge in [-0.15, -0.1) is 0 Å². The molecule has 1 aromatic carbocycles. The summed E-state index contributed by atoms with van der Waals surface area (Å²) in [6.07, 6.45) is 3.92. The molecule has 1 aliphatic rings. The topological polar surface area (TPSA) is 108 Å². The van der Waals surface area contributed by atoms with Crippen LogP contribution in [0.25, 0.3) is 11.2 Å². The predicted octanol–water partition coefficient (Wildman–Crippen LogP) is 2.46. The first-order valence-electron chi connectivity index (χ1n) is 9.21. The maximum absolute atomic E-state index is 12.3. The Hall–Kier alpha value is -2.94. The van der Waals surface area contributed by atoms with Gasteiger partial charge in [-0.25, -0.2) is 18.4 Å². The van der Waals surface area contributed by atoms with Crippen molar-refractivity contribution in [1.29, 1.82) is 0 Å². The molecule has 0 atom stereocenters. The van der Waals surface area contributed by atoms with E-state index in [0.29, 0.717) is 42.2 Å². The molecule has 0 bridgehead atoms. The molecule has 0 spiro atoms. The summed E-state index contributed by atoms with van der Waals surface area (Å²) in [7, 11) is -3.28. The fourth-order valence-electron chi connectivity index (χ4n) is 3.29. The number of sulfonamides is 1. The number of H-pyrrole nitrogens is 1. The van der Waals surface area contributed by atoms with Crippen LogP contribution < -0.4 is 9.62 Å². The second-order valence-electron chi connectivity index (χ2n) is 6.75. The summed E-state index contributed by atoms with van der Waals surface area (Å²) in [5, 5.41) is 2.84. The Morgan fingerprint density at radius 2 is 2.11 bits per heavy atom. The van der Waals surface area contributed by atoms with Crippen LogP contribution in [0.4, 0.5) is 11.4 Å². The molecule has 3 aromatic rings. The maximum atomic E-state index is 12.3. The number of fused-ring (bicyclic) bond motifs is 1. The quantitative estimate of drug-likeness (QED) is 0.685. The zero-order chi connectivity index (χ0) is 19.6. The number of carbonyl (C=O) groups is 1. The van der Waals surface area contributed by atoms with Crippen molar-refractivity contribution in [2.75, 3.05) is 21.9 Å². The van der Waals surface area contributed by atoms with Crippen molar-refractivity contribution >= 4 is 38.5 Å². The molecule has 0 radical (unpaired) electrons. The molecule has 146 valence electrons. The highest BCUT2D eigenvalue weighted by molar-refractivity contribution is 7.92. The number of aromatic nitrogens is 3. The van der Waals surface area contributed by atoms with Gasteiger partial charge in [0.15, 0.2) is 5.65 Å². The SMILES string of the molecule is O=C(CCc1nc2ncccc2[nH]1)Nc1cccc(N2CCCCS2(=O)=O)c1. The Bertz CT molecular complexity index is 1080. The summed E-state index contributed by atoms with van der Waals surface area (Å²) in [4.78, 5) is 24.0. The molecule has 1 aliphatic heterocycles. The second-order valence-corrected chi connectivity index (χ2v) is 8.76. The number of nitrogens with zero attached hydrogens (tertiary/aromatic N) is 3. The number of aromatic amines is 1. The van der Waals surface area contributed by atoms with Gasteiger partial charge in [0.05, 0.1) is 17.0 Å². The molecule has 3 heterocycles. The minimum absolute atomic E-state index is 0.160. The molecule has 2 aromatic heterocycles. The van der Waals surface area contributed by atoms with Gasteiger partial charge in [0, 0.05) is 31.3 Å². The second kappa shape index (κ2) is 7.59. The van der Waals surface area contributed by atoms with Gasteiger partial charge in [0.1, 0.15) is 5.82 Å². The van der Waals surface area contributed by atoms with Crippen LogP contribution in [0.2, 0.25) is 0 Å². The van der Waals surface area contributed by atoms with E-state index in [1.807, 2.05) is 12.1 Å². The number of rotatable bonds is 5. The molecule has 1 amide bonds. The van der Waals surface area contributed by atoms with Crippen LogP contribution in [0.3, 0.4) is 0 Å². The number of nitrogens with one attached hydrogen (secondary N) is 2. The number of hydrogen-bond acceptors (Lipinski definition) is 5. The average molecular weight is 399 g/mol.